The van der Waals surface area contributed by atoms with Crippen LogP contribution in [0.15, 0.2) is 34.2 Å². The lowest BCUT2D eigenvalue weighted by Crippen LogP contribution is -2.51. The summed E-state index contributed by atoms with van der Waals surface area (Å²) in [7, 11) is 0. The second-order valence-corrected chi connectivity index (χ2v) is 6.49. The van der Waals surface area contributed by atoms with Crippen molar-refractivity contribution in [3.05, 3.63) is 34.8 Å². The Labute approximate surface area is 132 Å². The van der Waals surface area contributed by atoms with Gasteiger partial charge in [0.05, 0.1) is 6.54 Å². The summed E-state index contributed by atoms with van der Waals surface area (Å²) in [5.41, 5.74) is 3.55. The van der Waals surface area contributed by atoms with Crippen LogP contribution >= 0.6 is 11.3 Å². The maximum Gasteiger partial charge on any atom is 0.298 e. The number of hydrogen-bond donors (Lipinski definition) is 0. The van der Waals surface area contributed by atoms with Crippen molar-refractivity contribution in [3.8, 4) is 0 Å². The fourth-order valence-electron chi connectivity index (χ4n) is 2.90. The van der Waals surface area contributed by atoms with Crippen molar-refractivity contribution in [1.29, 1.82) is 0 Å². The molecule has 0 radical (unpaired) electrons. The molecular formula is C15H17N5OS. The van der Waals surface area contributed by atoms with E-state index in [2.05, 4.69) is 31.9 Å². The zero-order chi connectivity index (χ0) is 14.9. The van der Waals surface area contributed by atoms with E-state index < -0.39 is 0 Å². The van der Waals surface area contributed by atoms with Crippen LogP contribution in [0.3, 0.4) is 0 Å². The summed E-state index contributed by atoms with van der Waals surface area (Å²) < 4.78 is 5.90. The Morgan fingerprint density at radius 1 is 1.32 bits per heavy atom. The predicted octanol–water partition coefficient (Wildman–Crippen LogP) is 2.39. The number of nitrogens with zero attached hydrogens (tertiary/aromatic N) is 5. The summed E-state index contributed by atoms with van der Waals surface area (Å²) in [6.07, 6.45) is 0. The molecule has 6 nitrogen and oxygen atoms in total. The molecule has 1 fully saturated rings. The molecule has 1 aliphatic heterocycles. The summed E-state index contributed by atoms with van der Waals surface area (Å²) in [4.78, 5) is 9.26. The van der Waals surface area contributed by atoms with Gasteiger partial charge < -0.3 is 9.32 Å². The number of rotatable bonds is 3. The monoisotopic (exact) mass is 315 g/mol. The molecule has 1 atom stereocenters. The number of fused-ring (bicyclic) bond motifs is 1. The number of para-hydroxylation sites is 2. The van der Waals surface area contributed by atoms with Crippen molar-refractivity contribution >= 4 is 28.5 Å². The Hall–Kier alpha value is -1.99. The number of aromatic nitrogens is 3. The molecule has 4 rings (SSSR count). The quantitative estimate of drug-likeness (QED) is 0.740. The van der Waals surface area contributed by atoms with Crippen molar-refractivity contribution < 1.29 is 4.42 Å². The molecular weight excluding hydrogens is 298 g/mol. The van der Waals surface area contributed by atoms with E-state index in [1.807, 2.05) is 24.3 Å². The van der Waals surface area contributed by atoms with Gasteiger partial charge in [-0.25, -0.2) is 0 Å². The zero-order valence-electron chi connectivity index (χ0n) is 12.3. The van der Waals surface area contributed by atoms with Gasteiger partial charge in [-0.15, -0.1) is 21.5 Å². The van der Waals surface area contributed by atoms with E-state index in [1.165, 1.54) is 0 Å². The third kappa shape index (κ3) is 2.57. The van der Waals surface area contributed by atoms with Crippen molar-refractivity contribution in [2.24, 2.45) is 0 Å². The van der Waals surface area contributed by atoms with E-state index >= 15 is 0 Å². The molecule has 1 aliphatic rings. The van der Waals surface area contributed by atoms with E-state index in [9.17, 15) is 0 Å². The second kappa shape index (κ2) is 5.66. The van der Waals surface area contributed by atoms with Crippen molar-refractivity contribution in [2.75, 3.05) is 24.5 Å². The van der Waals surface area contributed by atoms with Crippen LogP contribution in [0.4, 0.5) is 6.01 Å². The van der Waals surface area contributed by atoms with Gasteiger partial charge in [0.15, 0.2) is 5.58 Å². The number of benzene rings is 1. The van der Waals surface area contributed by atoms with Crippen molar-refractivity contribution in [1.82, 2.24) is 20.1 Å². The summed E-state index contributed by atoms with van der Waals surface area (Å²) >= 11 is 1.61. The Bertz CT molecular complexity index is 723. The van der Waals surface area contributed by atoms with E-state index in [4.69, 9.17) is 4.42 Å². The minimum atomic E-state index is 0.356. The molecule has 22 heavy (non-hydrogen) atoms. The van der Waals surface area contributed by atoms with Gasteiger partial charge in [-0.2, -0.15) is 4.98 Å². The molecule has 0 N–H and O–H groups in total. The first-order valence-corrected chi connectivity index (χ1v) is 8.27. The minimum Gasteiger partial charge on any atom is -0.423 e. The molecule has 114 valence electrons. The second-order valence-electron chi connectivity index (χ2n) is 5.57. The van der Waals surface area contributed by atoms with Gasteiger partial charge >= 0.3 is 0 Å². The number of hydrogen-bond acceptors (Lipinski definition) is 7. The molecule has 1 unspecified atom stereocenters. The highest BCUT2D eigenvalue weighted by atomic mass is 32.1. The van der Waals surface area contributed by atoms with Gasteiger partial charge in [0, 0.05) is 25.7 Å². The van der Waals surface area contributed by atoms with Gasteiger partial charge in [0.25, 0.3) is 6.01 Å². The first-order valence-electron chi connectivity index (χ1n) is 7.39. The lowest BCUT2D eigenvalue weighted by molar-refractivity contribution is 0.215. The smallest absolute Gasteiger partial charge is 0.298 e. The van der Waals surface area contributed by atoms with Gasteiger partial charge in [-0.1, -0.05) is 12.1 Å². The number of piperazine rings is 1. The summed E-state index contributed by atoms with van der Waals surface area (Å²) in [6, 6.07) is 8.98. The van der Waals surface area contributed by atoms with Crippen LogP contribution in [-0.4, -0.2) is 45.8 Å². The van der Waals surface area contributed by atoms with E-state index in [0.717, 1.165) is 48.3 Å². The molecule has 0 saturated carbocycles. The molecule has 2 aromatic heterocycles. The Morgan fingerprint density at radius 3 is 3.00 bits per heavy atom. The Morgan fingerprint density at radius 2 is 2.23 bits per heavy atom. The summed E-state index contributed by atoms with van der Waals surface area (Å²) in [6.45, 7) is 5.94. The fourth-order valence-corrected chi connectivity index (χ4v) is 3.47. The van der Waals surface area contributed by atoms with E-state index in [0.29, 0.717) is 6.04 Å². The van der Waals surface area contributed by atoms with Crippen LogP contribution in [0, 0.1) is 0 Å². The molecule has 7 heteroatoms. The molecule has 0 aliphatic carbocycles. The third-order valence-electron chi connectivity index (χ3n) is 4.00. The van der Waals surface area contributed by atoms with Crippen LogP contribution in [0.25, 0.3) is 11.1 Å². The first-order chi connectivity index (χ1) is 10.8. The molecule has 0 bridgehead atoms. The largest absolute Gasteiger partial charge is 0.423 e. The highest BCUT2D eigenvalue weighted by Crippen LogP contribution is 2.25. The predicted molar refractivity (Wildman–Crippen MR) is 86.0 cm³/mol. The van der Waals surface area contributed by atoms with Gasteiger partial charge in [0.2, 0.25) is 0 Å². The molecule has 1 aromatic carbocycles. The fraction of sp³-hybridized carbons (Fsp3) is 0.400. The SMILES string of the molecule is CC1CN(Cc2nncs2)CCN1c1nc2ccccc2o1. The van der Waals surface area contributed by atoms with Gasteiger partial charge in [-0.05, 0) is 19.1 Å². The lowest BCUT2D eigenvalue weighted by atomic mass is 10.2. The number of oxazole rings is 1. The van der Waals surface area contributed by atoms with Crippen LogP contribution in [-0.2, 0) is 6.54 Å². The highest BCUT2D eigenvalue weighted by Gasteiger charge is 2.27. The van der Waals surface area contributed by atoms with Gasteiger partial charge in [-0.3, -0.25) is 4.90 Å². The maximum atomic E-state index is 5.90. The zero-order valence-corrected chi connectivity index (χ0v) is 13.2. The van der Waals surface area contributed by atoms with Crippen LogP contribution in [0.1, 0.15) is 11.9 Å². The molecule has 0 amide bonds. The normalized spacial score (nSPS) is 19.9. The van der Waals surface area contributed by atoms with Crippen LogP contribution in [0.2, 0.25) is 0 Å². The van der Waals surface area contributed by atoms with Crippen LogP contribution in [0.5, 0.6) is 0 Å². The standard InChI is InChI=1S/C15H17N5OS/c1-11-8-19(9-14-18-16-10-22-14)6-7-20(11)15-17-12-4-2-3-5-13(12)21-15/h2-5,10-11H,6-9H2,1H3. The van der Waals surface area contributed by atoms with Crippen molar-refractivity contribution in [2.45, 2.75) is 19.5 Å². The molecule has 3 aromatic rings. The van der Waals surface area contributed by atoms with E-state index in [1.54, 1.807) is 16.8 Å². The molecule has 0 spiro atoms. The summed E-state index contributed by atoms with van der Waals surface area (Å²) in [5, 5.41) is 9.10. The first kappa shape index (κ1) is 13.7. The average molecular weight is 315 g/mol. The molecule has 1 saturated heterocycles. The van der Waals surface area contributed by atoms with Crippen molar-refractivity contribution in [3.63, 3.8) is 0 Å². The Kier molecular flexibility index (Phi) is 3.51. The topological polar surface area (TPSA) is 58.3 Å². The van der Waals surface area contributed by atoms with Crippen LogP contribution < -0.4 is 4.90 Å². The minimum absolute atomic E-state index is 0.356. The third-order valence-corrected chi connectivity index (χ3v) is 4.69. The highest BCUT2D eigenvalue weighted by molar-refractivity contribution is 7.09. The van der Waals surface area contributed by atoms with Gasteiger partial charge in [0.1, 0.15) is 16.0 Å². The maximum absolute atomic E-state index is 5.90. The van der Waals surface area contributed by atoms with E-state index in [-0.39, 0.29) is 0 Å². The summed E-state index contributed by atoms with van der Waals surface area (Å²) in [5.74, 6) is 0. The molecule has 3 heterocycles. The number of anilines is 1. The Balaban J connectivity index is 1.48. The lowest BCUT2D eigenvalue weighted by Gasteiger charge is -2.38. The average Bonchev–Trinajstić information content (AvgIpc) is 3.16.